The molecule has 1 saturated heterocycles. The molecule has 2 aromatic rings. The lowest BCUT2D eigenvalue weighted by Gasteiger charge is -2.39. The van der Waals surface area contributed by atoms with E-state index in [0.717, 1.165) is 25.1 Å². The number of carbonyl (C=O) groups excluding carboxylic acids is 1. The highest BCUT2D eigenvalue weighted by Crippen LogP contribution is 2.40. The van der Waals surface area contributed by atoms with Crippen molar-refractivity contribution < 1.29 is 4.79 Å². The van der Waals surface area contributed by atoms with Crippen LogP contribution in [0, 0.1) is 0 Å². The first-order valence-corrected chi connectivity index (χ1v) is 7.55. The molecule has 0 aliphatic carbocycles. The van der Waals surface area contributed by atoms with Crippen molar-refractivity contribution >= 4 is 17.3 Å². The topological polar surface area (TPSA) is 23.6 Å². The van der Waals surface area contributed by atoms with Crippen LogP contribution in [0.15, 0.2) is 54.6 Å². The van der Waals surface area contributed by atoms with Gasteiger partial charge in [-0.05, 0) is 30.5 Å². The molecule has 2 aromatic carbocycles. The maximum atomic E-state index is 12.9. The summed E-state index contributed by atoms with van der Waals surface area (Å²) in [6, 6.07) is 18.5. The highest BCUT2D eigenvalue weighted by atomic mass is 16.2. The summed E-state index contributed by atoms with van der Waals surface area (Å²) in [5.41, 5.74) is 3.42. The van der Waals surface area contributed by atoms with Gasteiger partial charge >= 0.3 is 0 Å². The molecule has 0 spiro atoms. The molecule has 2 aliphatic heterocycles. The van der Waals surface area contributed by atoms with Gasteiger partial charge in [0.2, 0.25) is 5.91 Å². The molecule has 4 rings (SSSR count). The van der Waals surface area contributed by atoms with E-state index in [9.17, 15) is 4.79 Å². The van der Waals surface area contributed by atoms with Crippen molar-refractivity contribution in [2.45, 2.75) is 25.4 Å². The average molecular weight is 278 g/mol. The first-order chi connectivity index (χ1) is 10.3. The predicted octanol–water partition coefficient (Wildman–Crippen LogP) is 3.20. The summed E-state index contributed by atoms with van der Waals surface area (Å²) in [7, 11) is 0. The van der Waals surface area contributed by atoms with Gasteiger partial charge < -0.3 is 9.80 Å². The Kier molecular flexibility index (Phi) is 2.92. The van der Waals surface area contributed by atoms with Crippen LogP contribution in [-0.2, 0) is 11.3 Å². The first-order valence-electron chi connectivity index (χ1n) is 7.55. The van der Waals surface area contributed by atoms with Gasteiger partial charge in [0.1, 0.15) is 6.04 Å². The molecule has 3 nitrogen and oxygen atoms in total. The number of hydrogen-bond acceptors (Lipinski definition) is 2. The molecule has 3 heteroatoms. The number of carbonyl (C=O) groups is 1. The molecule has 0 saturated carbocycles. The number of para-hydroxylation sites is 2. The SMILES string of the molecule is O=C1[C@H]2CCCN2c2ccccc2N1Cc1ccccc1. The highest BCUT2D eigenvalue weighted by Gasteiger charge is 2.40. The smallest absolute Gasteiger partial charge is 0.250 e. The number of nitrogens with zero attached hydrogens (tertiary/aromatic N) is 2. The van der Waals surface area contributed by atoms with Gasteiger partial charge in [0.05, 0.1) is 17.9 Å². The van der Waals surface area contributed by atoms with Gasteiger partial charge in [0, 0.05) is 6.54 Å². The van der Waals surface area contributed by atoms with Crippen LogP contribution >= 0.6 is 0 Å². The number of anilines is 2. The zero-order valence-corrected chi connectivity index (χ0v) is 11.9. The van der Waals surface area contributed by atoms with E-state index < -0.39 is 0 Å². The van der Waals surface area contributed by atoms with Crippen LogP contribution in [0.4, 0.5) is 11.4 Å². The van der Waals surface area contributed by atoms with Crippen LogP contribution in [0.1, 0.15) is 18.4 Å². The van der Waals surface area contributed by atoms with Crippen LogP contribution in [-0.4, -0.2) is 18.5 Å². The second kappa shape index (κ2) is 4.92. The molecular weight excluding hydrogens is 260 g/mol. The van der Waals surface area contributed by atoms with Crippen molar-refractivity contribution in [2.24, 2.45) is 0 Å². The van der Waals surface area contributed by atoms with Crippen LogP contribution < -0.4 is 9.80 Å². The Balaban J connectivity index is 1.76. The molecular formula is C18H18N2O. The van der Waals surface area contributed by atoms with Gasteiger partial charge in [0.15, 0.2) is 0 Å². The minimum absolute atomic E-state index is 0.0311. The molecule has 0 radical (unpaired) electrons. The van der Waals surface area contributed by atoms with Gasteiger partial charge in [-0.1, -0.05) is 42.5 Å². The molecule has 0 N–H and O–H groups in total. The lowest BCUT2D eigenvalue weighted by molar-refractivity contribution is -0.120. The molecule has 2 heterocycles. The molecule has 1 atom stereocenters. The molecule has 1 fully saturated rings. The van der Waals surface area contributed by atoms with E-state index in [1.54, 1.807) is 0 Å². The Morgan fingerprint density at radius 1 is 0.952 bits per heavy atom. The zero-order valence-electron chi connectivity index (χ0n) is 11.9. The average Bonchev–Trinajstić information content (AvgIpc) is 3.02. The summed E-state index contributed by atoms with van der Waals surface area (Å²) in [4.78, 5) is 17.1. The van der Waals surface area contributed by atoms with Crippen molar-refractivity contribution in [1.82, 2.24) is 0 Å². The largest absolute Gasteiger partial charge is 0.358 e. The van der Waals surface area contributed by atoms with E-state index in [0.29, 0.717) is 6.54 Å². The molecule has 0 bridgehead atoms. The third-order valence-corrected chi connectivity index (χ3v) is 4.47. The zero-order chi connectivity index (χ0) is 14.2. The van der Waals surface area contributed by atoms with Crippen LogP contribution in [0.25, 0.3) is 0 Å². The van der Waals surface area contributed by atoms with Gasteiger partial charge in [-0.3, -0.25) is 4.79 Å². The third-order valence-electron chi connectivity index (χ3n) is 4.47. The van der Waals surface area contributed by atoms with Crippen LogP contribution in [0.3, 0.4) is 0 Å². The summed E-state index contributed by atoms with van der Waals surface area (Å²) >= 11 is 0. The van der Waals surface area contributed by atoms with Crippen LogP contribution in [0.2, 0.25) is 0 Å². The minimum atomic E-state index is 0.0311. The standard InChI is InChI=1S/C18H18N2O/c21-18-17-11-6-12-19(17)15-9-4-5-10-16(15)20(18)13-14-7-2-1-3-8-14/h1-5,7-10,17H,6,11-13H2/t17-/m1/s1. The van der Waals surface area contributed by atoms with E-state index in [1.807, 2.05) is 29.2 Å². The van der Waals surface area contributed by atoms with Gasteiger partial charge in [0.25, 0.3) is 0 Å². The van der Waals surface area contributed by atoms with Gasteiger partial charge in [-0.25, -0.2) is 0 Å². The first kappa shape index (κ1) is 12.5. The molecule has 1 amide bonds. The monoisotopic (exact) mass is 278 g/mol. The molecule has 0 aromatic heterocycles. The highest BCUT2D eigenvalue weighted by molar-refractivity contribution is 6.05. The predicted molar refractivity (Wildman–Crippen MR) is 84.4 cm³/mol. The fourth-order valence-electron chi connectivity index (χ4n) is 3.47. The molecule has 106 valence electrons. The maximum absolute atomic E-state index is 12.9. The Labute approximate surface area is 124 Å². The Morgan fingerprint density at radius 3 is 2.48 bits per heavy atom. The van der Waals surface area contributed by atoms with Crippen molar-refractivity contribution in [2.75, 3.05) is 16.3 Å². The minimum Gasteiger partial charge on any atom is -0.358 e. The second-order valence-corrected chi connectivity index (χ2v) is 5.75. The van der Waals surface area contributed by atoms with E-state index in [4.69, 9.17) is 0 Å². The fourth-order valence-corrected chi connectivity index (χ4v) is 3.47. The van der Waals surface area contributed by atoms with E-state index in [1.165, 1.54) is 11.3 Å². The quantitative estimate of drug-likeness (QED) is 0.842. The lowest BCUT2D eigenvalue weighted by Crippen LogP contribution is -2.50. The molecule has 0 unspecified atom stereocenters. The Morgan fingerprint density at radius 2 is 1.67 bits per heavy atom. The van der Waals surface area contributed by atoms with E-state index in [2.05, 4.69) is 35.2 Å². The van der Waals surface area contributed by atoms with Gasteiger partial charge in [-0.2, -0.15) is 0 Å². The number of benzene rings is 2. The molecule has 21 heavy (non-hydrogen) atoms. The van der Waals surface area contributed by atoms with Crippen molar-refractivity contribution in [3.05, 3.63) is 60.2 Å². The van der Waals surface area contributed by atoms with Crippen molar-refractivity contribution in [3.63, 3.8) is 0 Å². The Bertz CT molecular complexity index is 668. The summed E-state index contributed by atoms with van der Waals surface area (Å²) < 4.78 is 0. The number of amides is 1. The summed E-state index contributed by atoms with van der Waals surface area (Å²) in [6.07, 6.45) is 2.07. The lowest BCUT2D eigenvalue weighted by atomic mass is 10.1. The number of rotatable bonds is 2. The summed E-state index contributed by atoms with van der Waals surface area (Å²) in [6.45, 7) is 1.65. The van der Waals surface area contributed by atoms with E-state index in [-0.39, 0.29) is 11.9 Å². The number of fused-ring (bicyclic) bond motifs is 3. The Hall–Kier alpha value is -2.29. The normalized spacial score (nSPS) is 20.4. The molecule has 2 aliphatic rings. The maximum Gasteiger partial charge on any atom is 0.250 e. The fraction of sp³-hybridized carbons (Fsp3) is 0.278. The summed E-state index contributed by atoms with van der Waals surface area (Å²) in [5, 5.41) is 0. The van der Waals surface area contributed by atoms with Crippen molar-refractivity contribution in [3.8, 4) is 0 Å². The van der Waals surface area contributed by atoms with Crippen LogP contribution in [0.5, 0.6) is 0 Å². The summed E-state index contributed by atoms with van der Waals surface area (Å²) in [5.74, 6) is 0.245. The second-order valence-electron chi connectivity index (χ2n) is 5.75. The van der Waals surface area contributed by atoms with Gasteiger partial charge in [-0.15, -0.1) is 0 Å². The number of hydrogen-bond donors (Lipinski definition) is 0. The third kappa shape index (κ3) is 2.00. The van der Waals surface area contributed by atoms with Crippen molar-refractivity contribution in [1.29, 1.82) is 0 Å². The van der Waals surface area contributed by atoms with E-state index >= 15 is 0 Å².